The Balaban J connectivity index is 0.00000341. The number of hydrogen-bond donors (Lipinski definition) is 1. The summed E-state index contributed by atoms with van der Waals surface area (Å²) in [6, 6.07) is 10.4. The van der Waals surface area contributed by atoms with Gasteiger partial charge in [-0.15, -0.1) is 24.0 Å². The molecule has 0 aliphatic carbocycles. The summed E-state index contributed by atoms with van der Waals surface area (Å²) in [7, 11) is 1.84. The molecular weight excluding hydrogens is 509 g/mol. The number of hydrogen-bond acceptors (Lipinski definition) is 6. The quantitative estimate of drug-likeness (QED) is 0.214. The lowest BCUT2D eigenvalue weighted by Crippen LogP contribution is -2.52. The first-order valence-electron chi connectivity index (χ1n) is 10.6. The predicted octanol–water partition coefficient (Wildman–Crippen LogP) is 2.74. The highest BCUT2D eigenvalue weighted by Crippen LogP contribution is 2.09. The molecule has 0 bridgehead atoms. The summed E-state index contributed by atoms with van der Waals surface area (Å²) in [5.74, 6) is 0.939. The lowest BCUT2D eigenvalue weighted by atomic mass is 10.1. The minimum absolute atomic E-state index is 0. The molecular formula is C22H34IN5O3. The van der Waals surface area contributed by atoms with Crippen LogP contribution < -0.4 is 5.32 Å². The lowest BCUT2D eigenvalue weighted by Gasteiger charge is -2.36. The van der Waals surface area contributed by atoms with Crippen LogP contribution >= 0.6 is 24.0 Å². The number of halogens is 1. The molecule has 0 spiro atoms. The van der Waals surface area contributed by atoms with Crippen LogP contribution in [0.5, 0.6) is 0 Å². The first-order chi connectivity index (χ1) is 14.8. The zero-order valence-electron chi connectivity index (χ0n) is 18.5. The van der Waals surface area contributed by atoms with Gasteiger partial charge < -0.3 is 24.2 Å². The van der Waals surface area contributed by atoms with Gasteiger partial charge in [-0.2, -0.15) is 0 Å². The van der Waals surface area contributed by atoms with E-state index in [1.54, 1.807) is 6.26 Å². The Morgan fingerprint density at radius 1 is 1.13 bits per heavy atom. The SMILES string of the molecule is CCOCCOCc1cccc(CNC(=NC)N2CCN(Cc3ccon3)CC2)c1.I. The van der Waals surface area contributed by atoms with Crippen LogP contribution in [0.2, 0.25) is 0 Å². The van der Waals surface area contributed by atoms with Crippen LogP contribution in [-0.4, -0.2) is 74.0 Å². The van der Waals surface area contributed by atoms with Crippen LogP contribution in [0.4, 0.5) is 0 Å². The molecule has 1 N–H and O–H groups in total. The van der Waals surface area contributed by atoms with Crippen molar-refractivity contribution in [2.45, 2.75) is 26.6 Å². The average Bonchev–Trinajstić information content (AvgIpc) is 3.28. The molecule has 0 atom stereocenters. The number of ether oxygens (including phenoxy) is 2. The van der Waals surface area contributed by atoms with Gasteiger partial charge in [0.15, 0.2) is 5.96 Å². The van der Waals surface area contributed by atoms with Crippen molar-refractivity contribution in [3.05, 3.63) is 53.4 Å². The number of rotatable bonds is 10. The van der Waals surface area contributed by atoms with Crippen LogP contribution in [0, 0.1) is 0 Å². The minimum Gasteiger partial charge on any atom is -0.379 e. The Morgan fingerprint density at radius 2 is 1.90 bits per heavy atom. The minimum atomic E-state index is 0. The standard InChI is InChI=1S/C22H33N5O3.HI/c1-3-28-13-14-29-18-20-6-4-5-19(15-20)16-24-22(23-2)27-10-8-26(9-11-27)17-21-7-12-30-25-21;/h4-7,12,15H,3,8-11,13-14,16-18H2,1-2H3,(H,23,24);1H. The topological polar surface area (TPSA) is 75.4 Å². The van der Waals surface area contributed by atoms with Crippen molar-refractivity contribution >= 4 is 29.9 Å². The molecule has 1 aromatic carbocycles. The largest absolute Gasteiger partial charge is 0.379 e. The maximum Gasteiger partial charge on any atom is 0.194 e. The molecule has 2 aromatic rings. The number of guanidine groups is 1. The molecule has 3 rings (SSSR count). The van der Waals surface area contributed by atoms with Crippen LogP contribution in [-0.2, 0) is 29.2 Å². The molecule has 172 valence electrons. The third kappa shape index (κ3) is 8.76. The van der Waals surface area contributed by atoms with Gasteiger partial charge in [-0.1, -0.05) is 29.4 Å². The molecule has 1 fully saturated rings. The average molecular weight is 543 g/mol. The maximum absolute atomic E-state index is 5.67. The maximum atomic E-state index is 5.67. The van der Waals surface area contributed by atoms with Crippen molar-refractivity contribution in [3.8, 4) is 0 Å². The number of nitrogens with one attached hydrogen (secondary N) is 1. The molecule has 0 amide bonds. The number of aromatic nitrogens is 1. The van der Waals surface area contributed by atoms with Gasteiger partial charge in [-0.05, 0) is 18.1 Å². The van der Waals surface area contributed by atoms with E-state index in [2.05, 4.69) is 49.5 Å². The fourth-order valence-corrected chi connectivity index (χ4v) is 3.46. The highest BCUT2D eigenvalue weighted by molar-refractivity contribution is 14.0. The second-order valence-corrected chi connectivity index (χ2v) is 7.22. The Kier molecular flexibility index (Phi) is 11.9. The van der Waals surface area contributed by atoms with Crippen LogP contribution in [0.1, 0.15) is 23.7 Å². The molecule has 1 aromatic heterocycles. The van der Waals surface area contributed by atoms with E-state index in [-0.39, 0.29) is 24.0 Å². The van der Waals surface area contributed by atoms with Gasteiger partial charge >= 0.3 is 0 Å². The summed E-state index contributed by atoms with van der Waals surface area (Å²) in [6.07, 6.45) is 1.62. The molecule has 2 heterocycles. The fraction of sp³-hybridized carbons (Fsp3) is 0.545. The second kappa shape index (κ2) is 14.4. The van der Waals surface area contributed by atoms with Crippen molar-refractivity contribution in [2.75, 3.05) is 53.0 Å². The summed E-state index contributed by atoms with van der Waals surface area (Å²) in [4.78, 5) is 9.17. The van der Waals surface area contributed by atoms with Crippen molar-refractivity contribution in [2.24, 2.45) is 4.99 Å². The number of piperazine rings is 1. The van der Waals surface area contributed by atoms with Crippen molar-refractivity contribution in [1.82, 2.24) is 20.3 Å². The summed E-state index contributed by atoms with van der Waals surface area (Å²) in [5.41, 5.74) is 3.36. The molecule has 0 radical (unpaired) electrons. The Labute approximate surface area is 202 Å². The first kappa shape index (κ1) is 25.6. The Morgan fingerprint density at radius 3 is 2.61 bits per heavy atom. The van der Waals surface area contributed by atoms with Gasteiger partial charge in [0.1, 0.15) is 6.26 Å². The molecule has 1 aliphatic heterocycles. The summed E-state index contributed by atoms with van der Waals surface area (Å²) >= 11 is 0. The molecule has 1 saturated heterocycles. The Hall–Kier alpha value is -1.69. The molecule has 9 heteroatoms. The summed E-state index contributed by atoms with van der Waals surface area (Å²) in [6.45, 7) is 9.95. The van der Waals surface area contributed by atoms with Gasteiger partial charge in [-0.3, -0.25) is 9.89 Å². The van der Waals surface area contributed by atoms with Crippen molar-refractivity contribution in [1.29, 1.82) is 0 Å². The van der Waals surface area contributed by atoms with Crippen molar-refractivity contribution < 1.29 is 14.0 Å². The molecule has 31 heavy (non-hydrogen) atoms. The monoisotopic (exact) mass is 543 g/mol. The van der Waals surface area contributed by atoms with E-state index < -0.39 is 0 Å². The third-order valence-electron chi connectivity index (χ3n) is 5.05. The van der Waals surface area contributed by atoms with E-state index in [0.717, 1.165) is 57.5 Å². The fourth-order valence-electron chi connectivity index (χ4n) is 3.46. The van der Waals surface area contributed by atoms with E-state index in [1.807, 2.05) is 20.0 Å². The number of nitrogens with zero attached hydrogens (tertiary/aromatic N) is 4. The van der Waals surface area contributed by atoms with E-state index >= 15 is 0 Å². The van der Waals surface area contributed by atoms with Crippen LogP contribution in [0.15, 0.2) is 46.1 Å². The van der Waals surface area contributed by atoms with Gasteiger partial charge in [0.2, 0.25) is 0 Å². The number of benzene rings is 1. The zero-order chi connectivity index (χ0) is 21.0. The predicted molar refractivity (Wildman–Crippen MR) is 132 cm³/mol. The third-order valence-corrected chi connectivity index (χ3v) is 5.05. The molecule has 0 unspecified atom stereocenters. The van der Waals surface area contributed by atoms with E-state index in [9.17, 15) is 0 Å². The molecule has 0 saturated carbocycles. The van der Waals surface area contributed by atoms with E-state index in [4.69, 9.17) is 14.0 Å². The number of aliphatic imine (C=N–C) groups is 1. The highest BCUT2D eigenvalue weighted by Gasteiger charge is 2.20. The van der Waals surface area contributed by atoms with Gasteiger partial charge in [0.05, 0.1) is 25.5 Å². The van der Waals surface area contributed by atoms with Crippen molar-refractivity contribution in [3.63, 3.8) is 0 Å². The van der Waals surface area contributed by atoms with E-state index in [0.29, 0.717) is 19.8 Å². The smallest absolute Gasteiger partial charge is 0.194 e. The van der Waals surface area contributed by atoms with Gasteiger partial charge in [0, 0.05) is 59.0 Å². The molecule has 8 nitrogen and oxygen atoms in total. The lowest BCUT2D eigenvalue weighted by molar-refractivity contribution is 0.0453. The summed E-state index contributed by atoms with van der Waals surface area (Å²) in [5, 5.41) is 7.50. The van der Waals surface area contributed by atoms with Crippen LogP contribution in [0.3, 0.4) is 0 Å². The molecule has 1 aliphatic rings. The summed E-state index contributed by atoms with van der Waals surface area (Å²) < 4.78 is 15.9. The highest BCUT2D eigenvalue weighted by atomic mass is 127. The van der Waals surface area contributed by atoms with Crippen LogP contribution in [0.25, 0.3) is 0 Å². The first-order valence-corrected chi connectivity index (χ1v) is 10.6. The van der Waals surface area contributed by atoms with Gasteiger partial charge in [-0.25, -0.2) is 0 Å². The van der Waals surface area contributed by atoms with Gasteiger partial charge in [0.25, 0.3) is 0 Å². The Bertz CT molecular complexity index is 764. The second-order valence-electron chi connectivity index (χ2n) is 7.22. The zero-order valence-corrected chi connectivity index (χ0v) is 20.8. The normalized spacial score (nSPS) is 15.0. The van der Waals surface area contributed by atoms with E-state index in [1.165, 1.54) is 11.1 Å².